The first kappa shape index (κ1) is 24.1. The van der Waals surface area contributed by atoms with Crippen molar-refractivity contribution in [3.8, 4) is 0 Å². The minimum Gasteiger partial charge on any atom is -0.320 e. The number of halogens is 5. The third kappa shape index (κ3) is 5.42. The number of pyridine rings is 1. The monoisotopic (exact) mass is 485 g/mol. The smallest absolute Gasteiger partial charge is 0.320 e. The summed E-state index contributed by atoms with van der Waals surface area (Å²) in [6.45, 7) is 3.94. The standard InChI is InChI=1S/C22H20Cl2F3N3O2/c1-12(13(2)31)15-9-19(24)20(28-11-15)14-5-7-30(8-6-14)21(32)29-16-3-4-17(18(23)10-16)22(25,26)27/h3-5,9-12H,6-8H2,1-2H3,(H,29,32). The summed E-state index contributed by atoms with van der Waals surface area (Å²) in [7, 11) is 0. The van der Waals surface area contributed by atoms with Gasteiger partial charge in [-0.3, -0.25) is 9.78 Å². The van der Waals surface area contributed by atoms with Crippen LogP contribution in [0, 0.1) is 0 Å². The molecule has 2 heterocycles. The van der Waals surface area contributed by atoms with Gasteiger partial charge in [0.2, 0.25) is 0 Å². The number of ketones is 1. The first-order valence-corrected chi connectivity index (χ1v) is 10.5. The molecule has 1 unspecified atom stereocenters. The summed E-state index contributed by atoms with van der Waals surface area (Å²) < 4.78 is 38.5. The Labute approximate surface area is 193 Å². The van der Waals surface area contributed by atoms with Gasteiger partial charge >= 0.3 is 12.2 Å². The summed E-state index contributed by atoms with van der Waals surface area (Å²) in [5.41, 5.74) is 1.41. The van der Waals surface area contributed by atoms with Crippen molar-refractivity contribution in [3.05, 3.63) is 63.4 Å². The number of urea groups is 1. The Kier molecular flexibility index (Phi) is 7.15. The molecule has 10 heteroatoms. The van der Waals surface area contributed by atoms with E-state index in [1.807, 2.05) is 6.08 Å². The molecule has 1 aliphatic heterocycles. The van der Waals surface area contributed by atoms with Crippen molar-refractivity contribution in [3.63, 3.8) is 0 Å². The number of Topliss-reactive ketones (excluding diaryl/α,β-unsaturated/α-hetero) is 1. The number of nitrogens with zero attached hydrogens (tertiary/aromatic N) is 2. The van der Waals surface area contributed by atoms with Crippen molar-refractivity contribution in [2.24, 2.45) is 0 Å². The number of benzene rings is 1. The molecule has 1 aliphatic rings. The minimum absolute atomic E-state index is 0.0171. The van der Waals surface area contributed by atoms with Crippen LogP contribution < -0.4 is 5.32 Å². The van der Waals surface area contributed by atoms with E-state index in [0.29, 0.717) is 23.7 Å². The van der Waals surface area contributed by atoms with Gasteiger partial charge in [0.05, 0.1) is 21.3 Å². The Morgan fingerprint density at radius 3 is 2.44 bits per heavy atom. The van der Waals surface area contributed by atoms with Crippen molar-refractivity contribution < 1.29 is 22.8 Å². The van der Waals surface area contributed by atoms with Gasteiger partial charge < -0.3 is 10.2 Å². The van der Waals surface area contributed by atoms with E-state index >= 15 is 0 Å². The number of aromatic nitrogens is 1. The van der Waals surface area contributed by atoms with Crippen LogP contribution in [-0.4, -0.2) is 34.8 Å². The highest BCUT2D eigenvalue weighted by atomic mass is 35.5. The third-order valence-corrected chi connectivity index (χ3v) is 5.90. The Balaban J connectivity index is 1.67. The van der Waals surface area contributed by atoms with Gasteiger partial charge in [0.15, 0.2) is 0 Å². The molecule has 2 aromatic rings. The third-order valence-electron chi connectivity index (χ3n) is 5.30. The Morgan fingerprint density at radius 1 is 1.19 bits per heavy atom. The van der Waals surface area contributed by atoms with Crippen molar-refractivity contribution in [2.75, 3.05) is 18.4 Å². The van der Waals surface area contributed by atoms with Gasteiger partial charge in [-0.25, -0.2) is 4.79 Å². The van der Waals surface area contributed by atoms with Crippen molar-refractivity contribution in [2.45, 2.75) is 32.4 Å². The molecule has 1 aromatic carbocycles. The maximum atomic E-state index is 12.8. The number of hydrogen-bond acceptors (Lipinski definition) is 3. The van der Waals surface area contributed by atoms with E-state index in [0.717, 1.165) is 29.3 Å². The van der Waals surface area contributed by atoms with E-state index in [1.165, 1.54) is 11.8 Å². The maximum Gasteiger partial charge on any atom is 0.417 e. The zero-order chi connectivity index (χ0) is 23.6. The van der Waals surface area contributed by atoms with Crippen LogP contribution in [0.3, 0.4) is 0 Å². The van der Waals surface area contributed by atoms with E-state index < -0.39 is 22.8 Å². The van der Waals surface area contributed by atoms with E-state index in [9.17, 15) is 22.8 Å². The highest BCUT2D eigenvalue weighted by molar-refractivity contribution is 6.32. The molecule has 0 spiro atoms. The topological polar surface area (TPSA) is 62.3 Å². The van der Waals surface area contributed by atoms with Crippen LogP contribution in [0.2, 0.25) is 10.0 Å². The van der Waals surface area contributed by atoms with E-state index in [4.69, 9.17) is 23.2 Å². The van der Waals surface area contributed by atoms with Crippen LogP contribution in [0.15, 0.2) is 36.5 Å². The first-order valence-electron chi connectivity index (χ1n) is 9.75. The lowest BCUT2D eigenvalue weighted by Crippen LogP contribution is -2.38. The second-order valence-electron chi connectivity index (χ2n) is 7.48. The molecular formula is C22H20Cl2F3N3O2. The number of nitrogens with one attached hydrogen (secondary N) is 1. The summed E-state index contributed by atoms with van der Waals surface area (Å²) >= 11 is 12.1. The summed E-state index contributed by atoms with van der Waals surface area (Å²) in [6, 6.07) is 4.33. The second kappa shape index (κ2) is 9.50. The fourth-order valence-electron chi connectivity index (χ4n) is 3.25. The number of hydrogen-bond donors (Lipinski definition) is 1. The molecule has 3 rings (SSSR count). The maximum absolute atomic E-state index is 12.8. The Bertz CT molecular complexity index is 1090. The zero-order valence-electron chi connectivity index (χ0n) is 17.3. The summed E-state index contributed by atoms with van der Waals surface area (Å²) in [6.07, 6.45) is -0.618. The molecule has 5 nitrogen and oxygen atoms in total. The minimum atomic E-state index is -4.56. The quantitative estimate of drug-likeness (QED) is 0.543. The number of carbonyl (C=O) groups is 2. The van der Waals surface area contributed by atoms with Crippen molar-refractivity contribution >= 4 is 46.3 Å². The number of alkyl halides is 3. The number of anilines is 1. The fraction of sp³-hybridized carbons (Fsp3) is 0.318. The van der Waals surface area contributed by atoms with Gasteiger partial charge in [-0.2, -0.15) is 13.2 Å². The molecule has 1 N–H and O–H groups in total. The average molecular weight is 486 g/mol. The molecule has 0 fully saturated rings. The second-order valence-corrected chi connectivity index (χ2v) is 8.29. The molecule has 2 amide bonds. The van der Waals surface area contributed by atoms with Gasteiger partial charge in [-0.15, -0.1) is 0 Å². The Morgan fingerprint density at radius 2 is 1.91 bits per heavy atom. The van der Waals surface area contributed by atoms with Gasteiger partial charge in [-0.05, 0) is 48.7 Å². The summed E-state index contributed by atoms with van der Waals surface area (Å²) in [5, 5.41) is 2.50. The summed E-state index contributed by atoms with van der Waals surface area (Å²) in [4.78, 5) is 30.0. The molecule has 1 aromatic heterocycles. The predicted molar refractivity (Wildman–Crippen MR) is 118 cm³/mol. The predicted octanol–water partition coefficient (Wildman–Crippen LogP) is 6.42. The summed E-state index contributed by atoms with van der Waals surface area (Å²) in [5.74, 6) is -0.282. The highest BCUT2D eigenvalue weighted by Gasteiger charge is 2.33. The van der Waals surface area contributed by atoms with Crippen molar-refractivity contribution in [1.29, 1.82) is 0 Å². The number of amides is 2. The van der Waals surface area contributed by atoms with E-state index in [2.05, 4.69) is 10.3 Å². The Hall–Kier alpha value is -2.58. The molecular weight excluding hydrogens is 466 g/mol. The molecule has 32 heavy (non-hydrogen) atoms. The lowest BCUT2D eigenvalue weighted by Gasteiger charge is -2.27. The van der Waals surface area contributed by atoms with E-state index in [-0.39, 0.29) is 23.9 Å². The van der Waals surface area contributed by atoms with Gasteiger partial charge in [0.1, 0.15) is 5.78 Å². The lowest BCUT2D eigenvalue weighted by atomic mass is 9.97. The molecule has 0 aliphatic carbocycles. The largest absolute Gasteiger partial charge is 0.417 e. The first-order chi connectivity index (χ1) is 15.0. The van der Waals surface area contributed by atoms with Crippen LogP contribution in [-0.2, 0) is 11.0 Å². The van der Waals surface area contributed by atoms with Gasteiger partial charge in [0, 0.05) is 30.9 Å². The van der Waals surface area contributed by atoms with E-state index in [1.54, 1.807) is 19.2 Å². The molecule has 0 saturated heterocycles. The molecule has 0 radical (unpaired) electrons. The lowest BCUT2D eigenvalue weighted by molar-refractivity contribution is -0.137. The highest BCUT2D eigenvalue weighted by Crippen LogP contribution is 2.36. The van der Waals surface area contributed by atoms with Gasteiger partial charge in [0.25, 0.3) is 0 Å². The zero-order valence-corrected chi connectivity index (χ0v) is 18.8. The van der Waals surface area contributed by atoms with Crippen LogP contribution >= 0.6 is 23.2 Å². The normalized spacial score (nSPS) is 15.2. The van der Waals surface area contributed by atoms with Crippen LogP contribution in [0.5, 0.6) is 0 Å². The number of carbonyl (C=O) groups excluding carboxylic acids is 2. The molecule has 0 bridgehead atoms. The number of rotatable bonds is 4. The van der Waals surface area contributed by atoms with Crippen molar-refractivity contribution in [1.82, 2.24) is 9.88 Å². The fourth-order valence-corrected chi connectivity index (χ4v) is 3.84. The SMILES string of the molecule is CC(=O)C(C)c1cnc(C2=CCN(C(=O)Nc3ccc(C(F)(F)F)c(Cl)c3)CC2)c(Cl)c1. The molecule has 170 valence electrons. The van der Waals surface area contributed by atoms with Gasteiger partial charge in [-0.1, -0.05) is 36.2 Å². The van der Waals surface area contributed by atoms with Crippen LogP contribution in [0.25, 0.3) is 5.57 Å². The molecule has 0 saturated carbocycles. The average Bonchev–Trinajstić information content (AvgIpc) is 2.72. The molecule has 1 atom stereocenters. The van der Waals surface area contributed by atoms with Crippen LogP contribution in [0.4, 0.5) is 23.7 Å². The van der Waals surface area contributed by atoms with Crippen LogP contribution in [0.1, 0.15) is 43.0 Å².